The van der Waals surface area contributed by atoms with Crippen LogP contribution in [0.5, 0.6) is 5.75 Å². The molecular formula is C21H19F3N2O4. The Morgan fingerprint density at radius 3 is 2.47 bits per heavy atom. The van der Waals surface area contributed by atoms with Gasteiger partial charge in [0, 0.05) is 18.7 Å². The molecule has 2 aromatic carbocycles. The number of carbonyl (C=O) groups is 2. The van der Waals surface area contributed by atoms with E-state index in [0.717, 1.165) is 12.1 Å². The van der Waals surface area contributed by atoms with Gasteiger partial charge in [0.2, 0.25) is 0 Å². The van der Waals surface area contributed by atoms with E-state index in [4.69, 9.17) is 9.47 Å². The van der Waals surface area contributed by atoms with Crippen LogP contribution in [0.1, 0.15) is 15.9 Å². The van der Waals surface area contributed by atoms with Gasteiger partial charge in [-0.15, -0.1) is 0 Å². The topological polar surface area (TPSA) is 59.1 Å². The van der Waals surface area contributed by atoms with E-state index < -0.39 is 23.8 Å². The van der Waals surface area contributed by atoms with E-state index >= 15 is 0 Å². The Hall–Kier alpha value is -3.07. The van der Waals surface area contributed by atoms with Crippen LogP contribution in [-0.4, -0.2) is 55.7 Å². The van der Waals surface area contributed by atoms with Gasteiger partial charge in [0.1, 0.15) is 5.75 Å². The van der Waals surface area contributed by atoms with Gasteiger partial charge in [-0.05, 0) is 30.3 Å². The van der Waals surface area contributed by atoms with E-state index in [1.54, 1.807) is 29.2 Å². The Kier molecular flexibility index (Phi) is 5.38. The molecule has 0 aliphatic carbocycles. The SMILES string of the molecule is O=C(C1CN(C(=O)c2cccc(C(F)(F)F)c2)c2ccccc2O1)N1CCOCC1. The van der Waals surface area contributed by atoms with Crippen LogP contribution < -0.4 is 9.64 Å². The standard InChI is InChI=1S/C21H19F3N2O4/c22-21(23,24)15-5-3-4-14(12-15)19(27)26-13-18(20(28)25-8-10-29-11-9-25)30-17-7-2-1-6-16(17)26/h1-7,12,18H,8-11,13H2. The summed E-state index contributed by atoms with van der Waals surface area (Å²) in [6.45, 7) is 1.58. The first-order valence-corrected chi connectivity index (χ1v) is 9.46. The van der Waals surface area contributed by atoms with E-state index in [-0.39, 0.29) is 18.0 Å². The smallest absolute Gasteiger partial charge is 0.416 e. The van der Waals surface area contributed by atoms with Crippen molar-refractivity contribution in [2.75, 3.05) is 37.7 Å². The summed E-state index contributed by atoms with van der Waals surface area (Å²) >= 11 is 0. The third-order valence-corrected chi connectivity index (χ3v) is 5.05. The summed E-state index contributed by atoms with van der Waals surface area (Å²) in [6.07, 6.45) is -5.51. The Bertz CT molecular complexity index is 957. The number of rotatable bonds is 2. The van der Waals surface area contributed by atoms with Crippen LogP contribution >= 0.6 is 0 Å². The van der Waals surface area contributed by atoms with Crippen molar-refractivity contribution in [3.8, 4) is 5.75 Å². The van der Waals surface area contributed by atoms with Crippen LogP contribution in [0.15, 0.2) is 48.5 Å². The predicted molar refractivity (Wildman–Crippen MR) is 101 cm³/mol. The molecule has 1 unspecified atom stereocenters. The quantitative estimate of drug-likeness (QED) is 0.750. The van der Waals surface area contributed by atoms with Crippen LogP contribution in [0, 0.1) is 0 Å². The molecule has 0 saturated carbocycles. The van der Waals surface area contributed by atoms with Crippen LogP contribution in [0.2, 0.25) is 0 Å². The van der Waals surface area contributed by atoms with Crippen molar-refractivity contribution in [3.63, 3.8) is 0 Å². The fraction of sp³-hybridized carbons (Fsp3) is 0.333. The summed E-state index contributed by atoms with van der Waals surface area (Å²) in [4.78, 5) is 29.0. The minimum atomic E-state index is -4.56. The summed E-state index contributed by atoms with van der Waals surface area (Å²) in [5, 5.41) is 0. The average Bonchev–Trinajstić information content (AvgIpc) is 2.77. The minimum absolute atomic E-state index is 0.0950. The zero-order valence-corrected chi connectivity index (χ0v) is 15.9. The van der Waals surface area contributed by atoms with Crippen LogP contribution in [-0.2, 0) is 15.7 Å². The van der Waals surface area contributed by atoms with Gasteiger partial charge >= 0.3 is 6.18 Å². The molecule has 2 aromatic rings. The number of amides is 2. The highest BCUT2D eigenvalue weighted by Gasteiger charge is 2.37. The molecule has 1 saturated heterocycles. The Morgan fingerprint density at radius 1 is 1.00 bits per heavy atom. The lowest BCUT2D eigenvalue weighted by Crippen LogP contribution is -2.54. The number of fused-ring (bicyclic) bond motifs is 1. The average molecular weight is 420 g/mol. The fourth-order valence-electron chi connectivity index (χ4n) is 3.53. The molecule has 9 heteroatoms. The second kappa shape index (κ2) is 7.98. The van der Waals surface area contributed by atoms with Crippen molar-refractivity contribution in [2.24, 2.45) is 0 Å². The van der Waals surface area contributed by atoms with Gasteiger partial charge < -0.3 is 19.3 Å². The van der Waals surface area contributed by atoms with Crippen LogP contribution in [0.4, 0.5) is 18.9 Å². The second-order valence-corrected chi connectivity index (χ2v) is 7.01. The predicted octanol–water partition coefficient (Wildman–Crippen LogP) is 2.97. The molecule has 0 aromatic heterocycles. The van der Waals surface area contributed by atoms with Crippen molar-refractivity contribution in [2.45, 2.75) is 12.3 Å². The van der Waals surface area contributed by atoms with Gasteiger partial charge in [0.15, 0.2) is 6.10 Å². The highest BCUT2D eigenvalue weighted by Crippen LogP contribution is 2.35. The first-order valence-electron chi connectivity index (χ1n) is 9.46. The molecule has 2 amide bonds. The van der Waals surface area contributed by atoms with Gasteiger partial charge in [-0.3, -0.25) is 9.59 Å². The number of benzene rings is 2. The highest BCUT2D eigenvalue weighted by atomic mass is 19.4. The fourth-order valence-corrected chi connectivity index (χ4v) is 3.53. The van der Waals surface area contributed by atoms with Crippen molar-refractivity contribution in [1.29, 1.82) is 0 Å². The third kappa shape index (κ3) is 3.97. The largest absolute Gasteiger partial charge is 0.476 e. The van der Waals surface area contributed by atoms with Crippen molar-refractivity contribution < 1.29 is 32.2 Å². The van der Waals surface area contributed by atoms with Gasteiger partial charge in [-0.25, -0.2) is 0 Å². The number of para-hydroxylation sites is 2. The summed E-state index contributed by atoms with van der Waals surface area (Å²) in [5.41, 5.74) is -0.610. The lowest BCUT2D eigenvalue weighted by molar-refractivity contribution is -0.142. The number of alkyl halides is 3. The zero-order chi connectivity index (χ0) is 21.3. The number of hydrogen-bond donors (Lipinski definition) is 0. The second-order valence-electron chi connectivity index (χ2n) is 7.01. The summed E-state index contributed by atoms with van der Waals surface area (Å²) in [7, 11) is 0. The summed E-state index contributed by atoms with van der Waals surface area (Å²) < 4.78 is 50.3. The number of nitrogens with zero attached hydrogens (tertiary/aromatic N) is 2. The van der Waals surface area contributed by atoms with E-state index in [9.17, 15) is 22.8 Å². The van der Waals surface area contributed by atoms with E-state index in [1.807, 2.05) is 0 Å². The maximum Gasteiger partial charge on any atom is 0.416 e. The first kappa shape index (κ1) is 20.2. The molecule has 158 valence electrons. The molecule has 0 spiro atoms. The number of halogens is 3. The van der Waals surface area contributed by atoms with Gasteiger partial charge in [0.25, 0.3) is 11.8 Å². The third-order valence-electron chi connectivity index (χ3n) is 5.05. The normalized spacial score (nSPS) is 19.1. The molecule has 2 aliphatic rings. The van der Waals surface area contributed by atoms with E-state index in [0.29, 0.717) is 37.7 Å². The lowest BCUT2D eigenvalue weighted by Gasteiger charge is -2.37. The molecule has 1 atom stereocenters. The molecule has 1 fully saturated rings. The Labute approximate surface area is 170 Å². The molecular weight excluding hydrogens is 401 g/mol. The van der Waals surface area contributed by atoms with Gasteiger partial charge in [-0.2, -0.15) is 13.2 Å². The van der Waals surface area contributed by atoms with Gasteiger partial charge in [0.05, 0.1) is 31.0 Å². The summed E-state index contributed by atoms with van der Waals surface area (Å²) in [6, 6.07) is 10.9. The minimum Gasteiger partial charge on any atom is -0.476 e. The summed E-state index contributed by atoms with van der Waals surface area (Å²) in [5.74, 6) is -0.582. The Balaban J connectivity index is 1.64. The number of carbonyl (C=O) groups excluding carboxylic acids is 2. The number of hydrogen-bond acceptors (Lipinski definition) is 4. The van der Waals surface area contributed by atoms with Crippen molar-refractivity contribution >= 4 is 17.5 Å². The number of anilines is 1. The highest BCUT2D eigenvalue weighted by molar-refractivity contribution is 6.08. The van der Waals surface area contributed by atoms with Gasteiger partial charge in [-0.1, -0.05) is 18.2 Å². The van der Waals surface area contributed by atoms with E-state index in [2.05, 4.69) is 0 Å². The number of morpholine rings is 1. The maximum atomic E-state index is 13.1. The lowest BCUT2D eigenvalue weighted by atomic mass is 10.1. The monoisotopic (exact) mass is 420 g/mol. The molecule has 4 rings (SSSR count). The Morgan fingerprint density at radius 2 is 1.73 bits per heavy atom. The zero-order valence-electron chi connectivity index (χ0n) is 15.9. The molecule has 2 aliphatic heterocycles. The first-order chi connectivity index (χ1) is 14.3. The van der Waals surface area contributed by atoms with Crippen LogP contribution in [0.3, 0.4) is 0 Å². The molecule has 2 heterocycles. The molecule has 6 nitrogen and oxygen atoms in total. The maximum absolute atomic E-state index is 13.1. The van der Waals surface area contributed by atoms with Crippen molar-refractivity contribution in [3.05, 3.63) is 59.7 Å². The molecule has 30 heavy (non-hydrogen) atoms. The molecule has 0 N–H and O–H groups in total. The van der Waals surface area contributed by atoms with Crippen LogP contribution in [0.25, 0.3) is 0 Å². The number of ether oxygens (including phenoxy) is 2. The molecule has 0 bridgehead atoms. The molecule has 0 radical (unpaired) electrons. The van der Waals surface area contributed by atoms with Crippen molar-refractivity contribution in [1.82, 2.24) is 4.90 Å². The van der Waals surface area contributed by atoms with E-state index in [1.165, 1.54) is 17.0 Å².